The van der Waals surface area contributed by atoms with Crippen LogP contribution in [0.3, 0.4) is 0 Å². The molecule has 0 atom stereocenters. The number of hydrogen-bond donors (Lipinski definition) is 0. The van der Waals surface area contributed by atoms with E-state index < -0.39 is 0 Å². The van der Waals surface area contributed by atoms with Crippen LogP contribution in [0.5, 0.6) is 0 Å². The van der Waals surface area contributed by atoms with Crippen molar-refractivity contribution in [3.8, 4) is 0 Å². The Labute approximate surface area is 110 Å². The van der Waals surface area contributed by atoms with E-state index in [1.807, 2.05) is 0 Å². The highest BCUT2D eigenvalue weighted by Gasteiger charge is 2.34. The molecule has 1 fully saturated rings. The summed E-state index contributed by atoms with van der Waals surface area (Å²) in [7, 11) is 0. The van der Waals surface area contributed by atoms with Gasteiger partial charge in [-0.05, 0) is 42.4 Å². The summed E-state index contributed by atoms with van der Waals surface area (Å²) >= 11 is 5.82. The summed E-state index contributed by atoms with van der Waals surface area (Å²) in [5.74, 6) is 0.605. The molecule has 94 valence electrons. The highest BCUT2D eigenvalue weighted by atomic mass is 35.5. The Morgan fingerprint density at radius 1 is 1.18 bits per heavy atom. The van der Waals surface area contributed by atoms with Crippen LogP contribution in [0.2, 0.25) is 0 Å². The van der Waals surface area contributed by atoms with Crippen molar-refractivity contribution in [2.75, 3.05) is 18.0 Å². The largest absolute Gasteiger partial charge is 0.371 e. The standard InChI is InChI=1S/C15H22ClN/c1-3-15(4-2)9-10-17(12-15)14-7-5-13(11-16)6-8-14/h5-8H,3-4,9-12H2,1-2H3. The Morgan fingerprint density at radius 3 is 2.29 bits per heavy atom. The summed E-state index contributed by atoms with van der Waals surface area (Å²) in [4.78, 5) is 2.52. The van der Waals surface area contributed by atoms with Gasteiger partial charge in [0.05, 0.1) is 0 Å². The first-order chi connectivity index (χ1) is 8.23. The maximum absolute atomic E-state index is 5.82. The average molecular weight is 252 g/mol. The van der Waals surface area contributed by atoms with Gasteiger partial charge in [0.2, 0.25) is 0 Å². The molecular weight excluding hydrogens is 230 g/mol. The van der Waals surface area contributed by atoms with Crippen LogP contribution in [-0.4, -0.2) is 13.1 Å². The molecule has 0 bridgehead atoms. The molecule has 0 N–H and O–H groups in total. The minimum absolute atomic E-state index is 0.547. The van der Waals surface area contributed by atoms with Gasteiger partial charge in [0.15, 0.2) is 0 Å². The Bertz CT molecular complexity index is 354. The molecule has 1 heterocycles. The molecule has 0 unspecified atom stereocenters. The van der Waals surface area contributed by atoms with E-state index in [1.54, 1.807) is 0 Å². The van der Waals surface area contributed by atoms with E-state index in [2.05, 4.69) is 43.0 Å². The van der Waals surface area contributed by atoms with Crippen molar-refractivity contribution in [1.82, 2.24) is 0 Å². The molecule has 0 saturated carbocycles. The number of anilines is 1. The molecule has 1 aromatic carbocycles. The lowest BCUT2D eigenvalue weighted by Gasteiger charge is -2.27. The van der Waals surface area contributed by atoms with Crippen LogP contribution in [0.4, 0.5) is 5.69 Å². The van der Waals surface area contributed by atoms with Gasteiger partial charge in [-0.25, -0.2) is 0 Å². The lowest BCUT2D eigenvalue weighted by Crippen LogP contribution is -2.26. The van der Waals surface area contributed by atoms with Gasteiger partial charge in [0.25, 0.3) is 0 Å². The molecule has 1 nitrogen and oxygen atoms in total. The zero-order valence-corrected chi connectivity index (χ0v) is 11.6. The van der Waals surface area contributed by atoms with Crippen LogP contribution < -0.4 is 4.90 Å². The maximum Gasteiger partial charge on any atom is 0.0474 e. The monoisotopic (exact) mass is 251 g/mol. The van der Waals surface area contributed by atoms with E-state index in [0.717, 1.165) is 0 Å². The average Bonchev–Trinajstić information content (AvgIpc) is 2.84. The van der Waals surface area contributed by atoms with Crippen molar-refractivity contribution in [2.45, 2.75) is 39.0 Å². The Hall–Kier alpha value is -0.690. The first-order valence-electron chi connectivity index (χ1n) is 6.63. The van der Waals surface area contributed by atoms with Crippen molar-refractivity contribution < 1.29 is 0 Å². The molecular formula is C15H22ClN. The van der Waals surface area contributed by atoms with Gasteiger partial charge in [-0.1, -0.05) is 26.0 Å². The van der Waals surface area contributed by atoms with Crippen LogP contribution in [0, 0.1) is 5.41 Å². The van der Waals surface area contributed by atoms with Crippen molar-refractivity contribution in [3.05, 3.63) is 29.8 Å². The predicted octanol–water partition coefficient (Wildman–Crippen LogP) is 4.44. The highest BCUT2D eigenvalue weighted by Crippen LogP contribution is 2.38. The van der Waals surface area contributed by atoms with Gasteiger partial charge in [0, 0.05) is 24.7 Å². The van der Waals surface area contributed by atoms with E-state index in [-0.39, 0.29) is 0 Å². The third-order valence-electron chi connectivity index (χ3n) is 4.39. The zero-order valence-electron chi connectivity index (χ0n) is 10.9. The van der Waals surface area contributed by atoms with Crippen molar-refractivity contribution in [2.24, 2.45) is 5.41 Å². The second-order valence-corrected chi connectivity index (χ2v) is 5.45. The fourth-order valence-electron chi connectivity index (χ4n) is 2.78. The van der Waals surface area contributed by atoms with Crippen molar-refractivity contribution in [3.63, 3.8) is 0 Å². The topological polar surface area (TPSA) is 3.24 Å². The molecule has 2 heteroatoms. The normalized spacial score (nSPS) is 18.6. The van der Waals surface area contributed by atoms with Crippen molar-refractivity contribution in [1.29, 1.82) is 0 Å². The molecule has 0 aromatic heterocycles. The van der Waals surface area contributed by atoms with Crippen LogP contribution in [0.15, 0.2) is 24.3 Å². The summed E-state index contributed by atoms with van der Waals surface area (Å²) in [5.41, 5.74) is 3.10. The van der Waals surface area contributed by atoms with Gasteiger partial charge >= 0.3 is 0 Å². The number of halogens is 1. The molecule has 0 amide bonds. The number of alkyl halides is 1. The lowest BCUT2D eigenvalue weighted by atomic mass is 9.82. The van der Waals surface area contributed by atoms with Crippen LogP contribution in [0.25, 0.3) is 0 Å². The van der Waals surface area contributed by atoms with Crippen LogP contribution >= 0.6 is 11.6 Å². The summed E-state index contributed by atoms with van der Waals surface area (Å²) in [6, 6.07) is 8.69. The van der Waals surface area contributed by atoms with Crippen molar-refractivity contribution >= 4 is 17.3 Å². The molecule has 0 spiro atoms. The summed E-state index contributed by atoms with van der Waals surface area (Å²) < 4.78 is 0. The summed E-state index contributed by atoms with van der Waals surface area (Å²) in [6.45, 7) is 7.05. The van der Waals surface area contributed by atoms with Crippen LogP contribution in [0.1, 0.15) is 38.7 Å². The number of nitrogens with zero attached hydrogens (tertiary/aromatic N) is 1. The zero-order chi connectivity index (χ0) is 12.3. The van der Waals surface area contributed by atoms with E-state index in [0.29, 0.717) is 11.3 Å². The maximum atomic E-state index is 5.82. The minimum Gasteiger partial charge on any atom is -0.371 e. The molecule has 2 rings (SSSR count). The van der Waals surface area contributed by atoms with E-state index in [4.69, 9.17) is 11.6 Å². The van der Waals surface area contributed by atoms with Crippen LogP contribution in [-0.2, 0) is 5.88 Å². The van der Waals surface area contributed by atoms with Gasteiger partial charge in [0.1, 0.15) is 0 Å². The quantitative estimate of drug-likeness (QED) is 0.715. The Balaban J connectivity index is 2.09. The predicted molar refractivity (Wildman–Crippen MR) is 75.8 cm³/mol. The van der Waals surface area contributed by atoms with Gasteiger partial charge in [-0.15, -0.1) is 11.6 Å². The molecule has 1 aromatic rings. The van der Waals surface area contributed by atoms with E-state index >= 15 is 0 Å². The number of benzene rings is 1. The summed E-state index contributed by atoms with van der Waals surface area (Å²) in [5, 5.41) is 0. The van der Waals surface area contributed by atoms with E-state index in [1.165, 1.54) is 43.6 Å². The smallest absolute Gasteiger partial charge is 0.0474 e. The fraction of sp³-hybridized carbons (Fsp3) is 0.600. The van der Waals surface area contributed by atoms with Gasteiger partial charge in [-0.3, -0.25) is 0 Å². The van der Waals surface area contributed by atoms with Gasteiger partial charge in [-0.2, -0.15) is 0 Å². The SMILES string of the molecule is CCC1(CC)CCN(c2ccc(CCl)cc2)C1. The van der Waals surface area contributed by atoms with Gasteiger partial charge < -0.3 is 4.90 Å². The summed E-state index contributed by atoms with van der Waals surface area (Å²) in [6.07, 6.45) is 3.91. The molecule has 1 aliphatic rings. The first kappa shape index (κ1) is 12.8. The molecule has 1 saturated heterocycles. The Kier molecular flexibility index (Phi) is 3.98. The molecule has 17 heavy (non-hydrogen) atoms. The minimum atomic E-state index is 0.547. The Morgan fingerprint density at radius 2 is 1.82 bits per heavy atom. The second-order valence-electron chi connectivity index (χ2n) is 5.18. The third kappa shape index (κ3) is 2.60. The number of hydrogen-bond acceptors (Lipinski definition) is 1. The number of rotatable bonds is 4. The first-order valence-corrected chi connectivity index (χ1v) is 7.16. The fourth-order valence-corrected chi connectivity index (χ4v) is 2.96. The second kappa shape index (κ2) is 5.30. The van der Waals surface area contributed by atoms with E-state index in [9.17, 15) is 0 Å². The molecule has 1 aliphatic heterocycles. The third-order valence-corrected chi connectivity index (χ3v) is 4.70. The molecule has 0 radical (unpaired) electrons. The molecule has 0 aliphatic carbocycles. The highest BCUT2D eigenvalue weighted by molar-refractivity contribution is 6.17. The lowest BCUT2D eigenvalue weighted by molar-refractivity contribution is 0.301.